The first-order valence-electron chi connectivity index (χ1n) is 6.05. The molecule has 0 bridgehead atoms. The van der Waals surface area contributed by atoms with E-state index in [2.05, 4.69) is 13.8 Å². The van der Waals surface area contributed by atoms with Crippen LogP contribution in [0.5, 0.6) is 0 Å². The van der Waals surface area contributed by atoms with Crippen molar-refractivity contribution in [1.82, 2.24) is 0 Å². The maximum absolute atomic E-state index is 12.2. The molecule has 1 aliphatic rings. The van der Waals surface area contributed by atoms with E-state index in [9.17, 15) is 4.79 Å². The van der Waals surface area contributed by atoms with Crippen LogP contribution < -0.4 is 10.6 Å². The number of carbonyl (C=O) groups is 1. The highest BCUT2D eigenvalue weighted by atomic mass is 16.2. The first-order valence-corrected chi connectivity index (χ1v) is 6.05. The highest BCUT2D eigenvalue weighted by Crippen LogP contribution is 2.41. The molecular formula is C14H20N2O. The minimum absolute atomic E-state index is 0.132. The fraction of sp³-hybridized carbons (Fsp3) is 0.500. The number of amides is 1. The van der Waals surface area contributed by atoms with E-state index in [0.717, 1.165) is 11.4 Å². The Bertz CT molecular complexity index is 463. The molecule has 1 amide bonds. The van der Waals surface area contributed by atoms with Crippen LogP contribution in [-0.2, 0) is 10.2 Å². The number of hydrogen-bond acceptors (Lipinski definition) is 2. The number of nitrogen functional groups attached to an aromatic ring is 1. The predicted octanol–water partition coefficient (Wildman–Crippen LogP) is 2.69. The van der Waals surface area contributed by atoms with Crippen molar-refractivity contribution in [2.75, 3.05) is 10.6 Å². The highest BCUT2D eigenvalue weighted by molar-refractivity contribution is 5.98. The Morgan fingerprint density at radius 2 is 2.00 bits per heavy atom. The molecule has 0 spiro atoms. The third-order valence-corrected chi connectivity index (χ3v) is 3.39. The van der Waals surface area contributed by atoms with E-state index in [1.807, 2.05) is 36.9 Å². The van der Waals surface area contributed by atoms with Crippen LogP contribution in [0, 0.1) is 0 Å². The van der Waals surface area contributed by atoms with Gasteiger partial charge in [-0.05, 0) is 37.6 Å². The van der Waals surface area contributed by atoms with E-state index in [1.165, 1.54) is 5.56 Å². The van der Waals surface area contributed by atoms with Crippen molar-refractivity contribution in [3.63, 3.8) is 0 Å². The van der Waals surface area contributed by atoms with Gasteiger partial charge in [-0.15, -0.1) is 0 Å². The number of carbonyl (C=O) groups excluding carboxylic acids is 1. The van der Waals surface area contributed by atoms with Crippen molar-refractivity contribution in [2.45, 2.75) is 45.6 Å². The average Bonchev–Trinajstić information content (AvgIpc) is 2.17. The summed E-state index contributed by atoms with van der Waals surface area (Å²) < 4.78 is 0. The molecule has 17 heavy (non-hydrogen) atoms. The van der Waals surface area contributed by atoms with Crippen LogP contribution in [0.15, 0.2) is 18.2 Å². The lowest BCUT2D eigenvalue weighted by molar-refractivity contribution is -0.120. The summed E-state index contributed by atoms with van der Waals surface area (Å²) >= 11 is 0. The lowest BCUT2D eigenvalue weighted by Gasteiger charge is -2.40. The van der Waals surface area contributed by atoms with Crippen molar-refractivity contribution in [3.8, 4) is 0 Å². The van der Waals surface area contributed by atoms with Gasteiger partial charge in [0, 0.05) is 29.3 Å². The van der Waals surface area contributed by atoms with Crippen LogP contribution in [0.3, 0.4) is 0 Å². The molecule has 2 N–H and O–H groups in total. The number of anilines is 2. The van der Waals surface area contributed by atoms with Crippen LogP contribution in [0.2, 0.25) is 0 Å². The van der Waals surface area contributed by atoms with Gasteiger partial charge in [0.1, 0.15) is 0 Å². The molecule has 3 heteroatoms. The fourth-order valence-corrected chi connectivity index (χ4v) is 2.56. The topological polar surface area (TPSA) is 46.3 Å². The van der Waals surface area contributed by atoms with Crippen LogP contribution in [0.1, 0.15) is 39.7 Å². The molecule has 1 aromatic rings. The monoisotopic (exact) mass is 232 g/mol. The molecule has 92 valence electrons. The lowest BCUT2D eigenvalue weighted by Crippen LogP contribution is -2.45. The van der Waals surface area contributed by atoms with Crippen molar-refractivity contribution in [3.05, 3.63) is 23.8 Å². The maximum Gasteiger partial charge on any atom is 0.228 e. The number of benzene rings is 1. The van der Waals surface area contributed by atoms with Gasteiger partial charge in [-0.3, -0.25) is 4.79 Å². The van der Waals surface area contributed by atoms with Gasteiger partial charge < -0.3 is 10.6 Å². The Labute approximate surface area is 103 Å². The van der Waals surface area contributed by atoms with Crippen molar-refractivity contribution >= 4 is 17.3 Å². The number of nitrogens with zero attached hydrogens (tertiary/aromatic N) is 1. The Morgan fingerprint density at radius 3 is 2.59 bits per heavy atom. The Morgan fingerprint density at radius 1 is 1.35 bits per heavy atom. The zero-order valence-corrected chi connectivity index (χ0v) is 10.9. The van der Waals surface area contributed by atoms with Crippen molar-refractivity contribution < 1.29 is 4.79 Å². The summed E-state index contributed by atoms with van der Waals surface area (Å²) in [6.45, 7) is 8.27. The van der Waals surface area contributed by atoms with Gasteiger partial charge in [0.05, 0.1) is 0 Å². The van der Waals surface area contributed by atoms with Crippen LogP contribution >= 0.6 is 0 Å². The van der Waals surface area contributed by atoms with E-state index in [4.69, 9.17) is 5.73 Å². The zero-order valence-electron chi connectivity index (χ0n) is 10.9. The largest absolute Gasteiger partial charge is 0.399 e. The zero-order chi connectivity index (χ0) is 12.8. The molecule has 0 fully saturated rings. The number of rotatable bonds is 1. The minimum atomic E-state index is -0.132. The van der Waals surface area contributed by atoms with Gasteiger partial charge in [0.15, 0.2) is 0 Å². The SMILES string of the molecule is CC(C)N1C(=O)CC(C)(C)c2cc(N)ccc21. The summed E-state index contributed by atoms with van der Waals surface area (Å²) in [4.78, 5) is 14.1. The van der Waals surface area contributed by atoms with Gasteiger partial charge >= 0.3 is 0 Å². The van der Waals surface area contributed by atoms with Gasteiger partial charge in [-0.2, -0.15) is 0 Å². The van der Waals surface area contributed by atoms with Gasteiger partial charge in [0.2, 0.25) is 5.91 Å². The van der Waals surface area contributed by atoms with E-state index in [-0.39, 0.29) is 17.4 Å². The number of fused-ring (bicyclic) bond motifs is 1. The molecule has 0 atom stereocenters. The summed E-state index contributed by atoms with van der Waals surface area (Å²) in [5, 5.41) is 0. The van der Waals surface area contributed by atoms with Gasteiger partial charge in [0.25, 0.3) is 0 Å². The highest BCUT2D eigenvalue weighted by Gasteiger charge is 2.37. The third kappa shape index (κ3) is 1.90. The summed E-state index contributed by atoms with van der Waals surface area (Å²) in [5.74, 6) is 0.197. The summed E-state index contributed by atoms with van der Waals surface area (Å²) in [6, 6.07) is 6.00. The number of hydrogen-bond donors (Lipinski definition) is 1. The smallest absolute Gasteiger partial charge is 0.228 e. The van der Waals surface area contributed by atoms with E-state index >= 15 is 0 Å². The molecule has 3 nitrogen and oxygen atoms in total. The summed E-state index contributed by atoms with van der Waals surface area (Å²) in [6.07, 6.45) is 0.543. The molecular weight excluding hydrogens is 212 g/mol. The molecule has 0 unspecified atom stereocenters. The van der Waals surface area contributed by atoms with E-state index < -0.39 is 0 Å². The Balaban J connectivity index is 2.63. The lowest BCUT2D eigenvalue weighted by atomic mass is 9.77. The predicted molar refractivity (Wildman–Crippen MR) is 71.1 cm³/mol. The standard InChI is InChI=1S/C14H20N2O/c1-9(2)16-12-6-5-10(15)7-11(12)14(3,4)8-13(16)17/h5-7,9H,8,15H2,1-4H3. The molecule has 2 rings (SSSR count). The number of nitrogens with two attached hydrogens (primary N) is 1. The summed E-state index contributed by atoms with van der Waals surface area (Å²) in [7, 11) is 0. The summed E-state index contributed by atoms with van der Waals surface area (Å²) in [5.41, 5.74) is 8.66. The molecule has 0 aliphatic carbocycles. The molecule has 1 aromatic carbocycles. The molecule has 0 aromatic heterocycles. The second-order valence-corrected chi connectivity index (χ2v) is 5.69. The fourth-order valence-electron chi connectivity index (χ4n) is 2.56. The maximum atomic E-state index is 12.2. The van der Waals surface area contributed by atoms with Gasteiger partial charge in [-0.25, -0.2) is 0 Å². The van der Waals surface area contributed by atoms with Crippen LogP contribution in [-0.4, -0.2) is 11.9 Å². The normalized spacial score (nSPS) is 18.4. The first-order chi connectivity index (χ1) is 7.83. The minimum Gasteiger partial charge on any atom is -0.399 e. The van der Waals surface area contributed by atoms with Crippen molar-refractivity contribution in [1.29, 1.82) is 0 Å². The van der Waals surface area contributed by atoms with E-state index in [0.29, 0.717) is 6.42 Å². The average molecular weight is 232 g/mol. The molecule has 0 saturated heterocycles. The second-order valence-electron chi connectivity index (χ2n) is 5.69. The van der Waals surface area contributed by atoms with Crippen LogP contribution in [0.4, 0.5) is 11.4 Å². The third-order valence-electron chi connectivity index (χ3n) is 3.39. The quantitative estimate of drug-likeness (QED) is 0.757. The Hall–Kier alpha value is -1.51. The first kappa shape index (κ1) is 12.0. The van der Waals surface area contributed by atoms with Gasteiger partial charge in [-0.1, -0.05) is 13.8 Å². The molecule has 0 radical (unpaired) electrons. The molecule has 0 saturated carbocycles. The molecule has 1 heterocycles. The van der Waals surface area contributed by atoms with Crippen molar-refractivity contribution in [2.24, 2.45) is 0 Å². The van der Waals surface area contributed by atoms with Crippen LogP contribution in [0.25, 0.3) is 0 Å². The Kier molecular flexibility index (Phi) is 2.64. The second kappa shape index (κ2) is 3.76. The molecule has 1 aliphatic heterocycles. The van der Waals surface area contributed by atoms with E-state index in [1.54, 1.807) is 0 Å².